The van der Waals surface area contributed by atoms with Crippen LogP contribution >= 0.6 is 23.4 Å². The second-order valence-electron chi connectivity index (χ2n) is 5.82. The molecule has 8 nitrogen and oxygen atoms in total. The van der Waals surface area contributed by atoms with Crippen LogP contribution in [-0.4, -0.2) is 56.2 Å². The van der Waals surface area contributed by atoms with Crippen LogP contribution in [0.2, 0.25) is 5.15 Å². The Kier molecular flexibility index (Phi) is 5.67. The van der Waals surface area contributed by atoms with Crippen molar-refractivity contribution in [2.24, 2.45) is 5.92 Å². The minimum Gasteiger partial charge on any atom is -0.466 e. The fourth-order valence-corrected chi connectivity index (χ4v) is 4.98. The Bertz CT molecular complexity index is 830. The van der Waals surface area contributed by atoms with Crippen molar-refractivity contribution in [1.82, 2.24) is 19.5 Å². The van der Waals surface area contributed by atoms with E-state index in [1.807, 2.05) is 0 Å². The van der Waals surface area contributed by atoms with Crippen molar-refractivity contribution in [3.8, 4) is 0 Å². The third kappa shape index (κ3) is 3.14. The van der Waals surface area contributed by atoms with E-state index >= 15 is 0 Å². The molecule has 0 amide bonds. The molecular formula is C16H19ClN4O4S. The molecule has 0 spiro atoms. The van der Waals surface area contributed by atoms with Crippen LogP contribution in [0.15, 0.2) is 12.7 Å². The first kappa shape index (κ1) is 18.9. The number of carbonyl (C=O) groups excluding carboxylic acids is 2. The molecule has 1 aliphatic heterocycles. The maximum atomic E-state index is 13.0. The van der Waals surface area contributed by atoms with Crippen molar-refractivity contribution in [3.63, 3.8) is 0 Å². The van der Waals surface area contributed by atoms with Gasteiger partial charge in [-0.05, 0) is 19.6 Å². The van der Waals surface area contributed by atoms with E-state index in [4.69, 9.17) is 21.1 Å². The summed E-state index contributed by atoms with van der Waals surface area (Å²) < 4.78 is 12.1. The molecule has 0 N–H and O–H groups in total. The minimum absolute atomic E-state index is 0.109. The Balaban J connectivity index is 2.10. The standard InChI is InChI=1S/C16H19ClN4O4S/c1-3-24-11(22)5-10-6-26-7-16(10,15(23)25-4-2)21-9-20-12-13(17)18-8-19-14(12)21/h8-10H,3-7H2,1-2H3/t10-,16+/m1/s1. The number of aromatic nitrogens is 4. The molecule has 0 radical (unpaired) electrons. The first-order valence-corrected chi connectivity index (χ1v) is 9.82. The Morgan fingerprint density at radius 2 is 2.08 bits per heavy atom. The lowest BCUT2D eigenvalue weighted by molar-refractivity contribution is -0.156. The molecule has 2 atom stereocenters. The molecule has 0 aliphatic carbocycles. The van der Waals surface area contributed by atoms with Gasteiger partial charge in [0.1, 0.15) is 11.8 Å². The molecule has 26 heavy (non-hydrogen) atoms. The number of halogens is 1. The van der Waals surface area contributed by atoms with Gasteiger partial charge in [-0.3, -0.25) is 9.36 Å². The van der Waals surface area contributed by atoms with E-state index in [9.17, 15) is 9.59 Å². The van der Waals surface area contributed by atoms with E-state index in [1.165, 1.54) is 12.7 Å². The van der Waals surface area contributed by atoms with Crippen molar-refractivity contribution in [3.05, 3.63) is 17.8 Å². The third-order valence-electron chi connectivity index (χ3n) is 4.38. The average Bonchev–Trinajstić information content (AvgIpc) is 3.21. The van der Waals surface area contributed by atoms with Crippen LogP contribution in [0.3, 0.4) is 0 Å². The van der Waals surface area contributed by atoms with Crippen LogP contribution in [0.5, 0.6) is 0 Å². The van der Waals surface area contributed by atoms with Gasteiger partial charge in [0.15, 0.2) is 16.3 Å². The van der Waals surface area contributed by atoms with E-state index in [0.717, 1.165) is 0 Å². The Hall–Kier alpha value is -1.87. The zero-order valence-electron chi connectivity index (χ0n) is 14.5. The topological polar surface area (TPSA) is 96.2 Å². The van der Waals surface area contributed by atoms with Gasteiger partial charge in [0.25, 0.3) is 0 Å². The molecule has 0 saturated carbocycles. The van der Waals surface area contributed by atoms with E-state index in [2.05, 4.69) is 15.0 Å². The lowest BCUT2D eigenvalue weighted by atomic mass is 9.84. The van der Waals surface area contributed by atoms with Gasteiger partial charge in [0.05, 0.1) is 26.0 Å². The molecule has 0 bridgehead atoms. The summed E-state index contributed by atoms with van der Waals surface area (Å²) in [4.78, 5) is 37.6. The van der Waals surface area contributed by atoms with Gasteiger partial charge >= 0.3 is 11.9 Å². The van der Waals surface area contributed by atoms with E-state index < -0.39 is 11.5 Å². The third-order valence-corrected chi connectivity index (χ3v) is 5.94. The SMILES string of the molecule is CCOC(=O)C[C@@H]1CSC[C@]1(C(=O)OCC)n1cnc2c(Cl)ncnc21. The van der Waals surface area contributed by atoms with Gasteiger partial charge in [-0.25, -0.2) is 19.7 Å². The Morgan fingerprint density at radius 3 is 2.81 bits per heavy atom. The molecule has 10 heteroatoms. The summed E-state index contributed by atoms with van der Waals surface area (Å²) in [5, 5.41) is 0.209. The Labute approximate surface area is 159 Å². The average molecular weight is 399 g/mol. The molecule has 0 unspecified atom stereocenters. The van der Waals surface area contributed by atoms with Crippen LogP contribution in [0.4, 0.5) is 0 Å². The molecule has 3 heterocycles. The van der Waals surface area contributed by atoms with Crippen LogP contribution < -0.4 is 0 Å². The number of thioether (sulfide) groups is 1. The molecule has 1 aliphatic rings. The largest absolute Gasteiger partial charge is 0.466 e. The van der Waals surface area contributed by atoms with Gasteiger partial charge in [0, 0.05) is 11.7 Å². The van der Waals surface area contributed by atoms with Gasteiger partial charge in [-0.2, -0.15) is 11.8 Å². The second-order valence-corrected chi connectivity index (χ2v) is 7.21. The number of carbonyl (C=O) groups is 2. The lowest BCUT2D eigenvalue weighted by Gasteiger charge is -2.33. The van der Waals surface area contributed by atoms with Crippen LogP contribution in [0.25, 0.3) is 11.2 Å². The predicted molar refractivity (Wildman–Crippen MR) is 97.0 cm³/mol. The number of fused-ring (bicyclic) bond motifs is 1. The molecular weight excluding hydrogens is 380 g/mol. The fourth-order valence-electron chi connectivity index (χ4n) is 3.21. The summed E-state index contributed by atoms with van der Waals surface area (Å²) in [6.07, 6.45) is 2.95. The zero-order chi connectivity index (χ0) is 18.7. The number of imidazole rings is 1. The van der Waals surface area contributed by atoms with E-state index in [0.29, 0.717) is 29.3 Å². The Morgan fingerprint density at radius 1 is 1.31 bits per heavy atom. The quantitative estimate of drug-likeness (QED) is 0.538. The number of hydrogen-bond acceptors (Lipinski definition) is 8. The molecule has 1 saturated heterocycles. The van der Waals surface area contributed by atoms with Gasteiger partial charge in [0.2, 0.25) is 0 Å². The van der Waals surface area contributed by atoms with Crippen molar-refractivity contribution < 1.29 is 19.1 Å². The second kappa shape index (κ2) is 7.79. The molecule has 2 aromatic heterocycles. The van der Waals surface area contributed by atoms with E-state index in [-0.39, 0.29) is 30.1 Å². The van der Waals surface area contributed by atoms with Crippen molar-refractivity contribution >= 4 is 46.5 Å². The molecule has 1 fully saturated rings. The summed E-state index contributed by atoms with van der Waals surface area (Å²) in [5.41, 5.74) is -0.251. The van der Waals surface area contributed by atoms with Crippen molar-refractivity contribution in [2.75, 3.05) is 24.7 Å². The summed E-state index contributed by atoms with van der Waals surface area (Å²) in [6, 6.07) is 0. The summed E-state index contributed by atoms with van der Waals surface area (Å²) in [6.45, 7) is 4.03. The number of esters is 2. The normalized spacial score (nSPS) is 22.5. The van der Waals surface area contributed by atoms with Gasteiger partial charge in [-0.15, -0.1) is 0 Å². The highest BCUT2D eigenvalue weighted by atomic mass is 35.5. The highest BCUT2D eigenvalue weighted by Gasteiger charge is 2.54. The maximum absolute atomic E-state index is 13.0. The molecule has 2 aromatic rings. The highest BCUT2D eigenvalue weighted by molar-refractivity contribution is 7.99. The van der Waals surface area contributed by atoms with Crippen molar-refractivity contribution in [1.29, 1.82) is 0 Å². The first-order valence-electron chi connectivity index (χ1n) is 8.29. The first-order chi connectivity index (χ1) is 12.5. The minimum atomic E-state index is -1.10. The summed E-state index contributed by atoms with van der Waals surface area (Å²) >= 11 is 7.68. The number of ether oxygens (including phenoxy) is 2. The van der Waals surface area contributed by atoms with Gasteiger partial charge < -0.3 is 9.47 Å². The highest BCUT2D eigenvalue weighted by Crippen LogP contribution is 2.44. The maximum Gasteiger partial charge on any atom is 0.333 e. The molecule has 140 valence electrons. The van der Waals surface area contributed by atoms with Crippen molar-refractivity contribution in [2.45, 2.75) is 25.8 Å². The lowest BCUT2D eigenvalue weighted by Crippen LogP contribution is -2.49. The summed E-state index contributed by atoms with van der Waals surface area (Å²) in [7, 11) is 0. The predicted octanol–water partition coefficient (Wildman–Crippen LogP) is 2.05. The van der Waals surface area contributed by atoms with E-state index in [1.54, 1.807) is 30.2 Å². The number of rotatable bonds is 6. The number of hydrogen-bond donors (Lipinski definition) is 0. The van der Waals surface area contributed by atoms with Crippen LogP contribution in [0.1, 0.15) is 20.3 Å². The smallest absolute Gasteiger partial charge is 0.333 e. The zero-order valence-corrected chi connectivity index (χ0v) is 16.0. The molecule has 0 aromatic carbocycles. The molecule has 3 rings (SSSR count). The summed E-state index contributed by atoms with van der Waals surface area (Å²) in [5.74, 6) is 0.00914. The fraction of sp³-hybridized carbons (Fsp3) is 0.562. The monoisotopic (exact) mass is 398 g/mol. The van der Waals surface area contributed by atoms with Gasteiger partial charge in [-0.1, -0.05) is 11.6 Å². The van der Waals surface area contributed by atoms with Crippen LogP contribution in [0, 0.1) is 5.92 Å². The number of nitrogens with zero attached hydrogens (tertiary/aromatic N) is 4. The van der Waals surface area contributed by atoms with Crippen LogP contribution in [-0.2, 0) is 24.6 Å².